The van der Waals surface area contributed by atoms with Crippen LogP contribution in [0.3, 0.4) is 0 Å². The van der Waals surface area contributed by atoms with E-state index in [1.165, 1.54) is 32.5 Å². The number of aromatic nitrogens is 2. The van der Waals surface area contributed by atoms with Gasteiger partial charge in [-0.3, -0.25) is 19.8 Å². The lowest BCUT2D eigenvalue weighted by Crippen LogP contribution is -2.49. The number of piperidine rings is 1. The molecule has 1 aromatic heterocycles. The van der Waals surface area contributed by atoms with Gasteiger partial charge < -0.3 is 9.80 Å². The Kier molecular flexibility index (Phi) is 5.93. The summed E-state index contributed by atoms with van der Waals surface area (Å²) in [4.78, 5) is 39.5. The molecule has 150 valence electrons. The summed E-state index contributed by atoms with van der Waals surface area (Å²) in [6.45, 7) is 7.46. The Labute approximate surface area is 169 Å². The van der Waals surface area contributed by atoms with Crippen molar-refractivity contribution in [2.24, 2.45) is 5.92 Å². The number of carbonyl (C=O) groups excluding carboxylic acids is 2. The fourth-order valence-corrected chi connectivity index (χ4v) is 4.56. The summed E-state index contributed by atoms with van der Waals surface area (Å²) in [7, 11) is 2.20. The number of hydrogen-bond donors (Lipinski definition) is 1. The maximum absolute atomic E-state index is 11.7. The van der Waals surface area contributed by atoms with Crippen LogP contribution in [-0.2, 0) is 4.79 Å². The van der Waals surface area contributed by atoms with E-state index in [0.29, 0.717) is 16.5 Å². The third kappa shape index (κ3) is 4.71. The van der Waals surface area contributed by atoms with Gasteiger partial charge in [0.05, 0.1) is 10.6 Å². The predicted molar refractivity (Wildman–Crippen MR) is 110 cm³/mol. The first-order chi connectivity index (χ1) is 13.6. The molecule has 8 nitrogen and oxygen atoms in total. The first-order valence-electron chi connectivity index (χ1n) is 9.80. The van der Waals surface area contributed by atoms with Gasteiger partial charge >= 0.3 is 0 Å². The molecule has 9 heteroatoms. The highest BCUT2D eigenvalue weighted by Gasteiger charge is 2.26. The molecule has 0 bridgehead atoms. The minimum atomic E-state index is -0.363. The van der Waals surface area contributed by atoms with Gasteiger partial charge in [0.15, 0.2) is 0 Å². The fourth-order valence-electron chi connectivity index (χ4n) is 3.89. The highest BCUT2D eigenvalue weighted by Crippen LogP contribution is 2.25. The third-order valence-corrected chi connectivity index (χ3v) is 6.41. The fraction of sp³-hybridized carbons (Fsp3) is 0.579. The van der Waals surface area contributed by atoms with Crippen molar-refractivity contribution in [2.75, 3.05) is 57.8 Å². The lowest BCUT2D eigenvalue weighted by atomic mass is 9.96. The number of piperazine rings is 1. The van der Waals surface area contributed by atoms with Crippen LogP contribution in [0, 0.1) is 5.92 Å². The van der Waals surface area contributed by atoms with Crippen LogP contribution in [0.15, 0.2) is 17.2 Å². The number of amides is 2. The van der Waals surface area contributed by atoms with Gasteiger partial charge in [0.25, 0.3) is 11.1 Å². The van der Waals surface area contributed by atoms with Crippen LogP contribution in [0.4, 0.5) is 10.7 Å². The Morgan fingerprint density at radius 1 is 1.18 bits per heavy atom. The number of imide groups is 1. The molecular formula is C19H26N6O2S. The number of anilines is 1. The van der Waals surface area contributed by atoms with Crippen molar-refractivity contribution in [1.29, 1.82) is 0 Å². The maximum atomic E-state index is 11.7. The van der Waals surface area contributed by atoms with Crippen molar-refractivity contribution in [3.8, 4) is 0 Å². The molecule has 3 aliphatic heterocycles. The van der Waals surface area contributed by atoms with Crippen molar-refractivity contribution in [2.45, 2.75) is 12.8 Å². The molecule has 4 heterocycles. The molecule has 0 saturated carbocycles. The molecule has 0 spiro atoms. The van der Waals surface area contributed by atoms with E-state index in [1.54, 1.807) is 18.3 Å². The molecule has 0 atom stereocenters. The molecule has 3 fully saturated rings. The van der Waals surface area contributed by atoms with E-state index in [1.807, 2.05) is 0 Å². The van der Waals surface area contributed by atoms with Crippen LogP contribution in [0.2, 0.25) is 0 Å². The molecule has 1 N–H and O–H groups in total. The van der Waals surface area contributed by atoms with Gasteiger partial charge in [0.1, 0.15) is 0 Å². The lowest BCUT2D eigenvalue weighted by Gasteiger charge is -2.38. The average Bonchev–Trinajstić information content (AvgIpc) is 3.01. The predicted octanol–water partition coefficient (Wildman–Crippen LogP) is 1.26. The summed E-state index contributed by atoms with van der Waals surface area (Å²) < 4.78 is 0. The van der Waals surface area contributed by atoms with E-state index in [9.17, 15) is 9.59 Å². The second kappa shape index (κ2) is 8.59. The Balaban J connectivity index is 1.33. The Morgan fingerprint density at radius 2 is 1.93 bits per heavy atom. The van der Waals surface area contributed by atoms with Crippen LogP contribution in [0.1, 0.15) is 18.5 Å². The molecule has 1 aromatic rings. The van der Waals surface area contributed by atoms with Crippen molar-refractivity contribution < 1.29 is 9.59 Å². The number of nitrogens with one attached hydrogen (secondary N) is 1. The number of likely N-dealkylation sites (tertiary alicyclic amines) is 1. The molecule has 0 radical (unpaired) electrons. The second-order valence-corrected chi connectivity index (χ2v) is 8.68. The molecule has 28 heavy (non-hydrogen) atoms. The zero-order valence-electron chi connectivity index (χ0n) is 16.1. The van der Waals surface area contributed by atoms with Crippen LogP contribution >= 0.6 is 11.8 Å². The molecular weight excluding hydrogens is 376 g/mol. The molecule has 0 unspecified atom stereocenters. The number of carbonyl (C=O) groups is 2. The monoisotopic (exact) mass is 402 g/mol. The smallest absolute Gasteiger partial charge is 0.290 e. The molecule has 3 aliphatic rings. The zero-order chi connectivity index (χ0) is 19.5. The van der Waals surface area contributed by atoms with E-state index in [2.05, 4.69) is 37.0 Å². The molecule has 2 amide bonds. The first kappa shape index (κ1) is 19.4. The Hall–Kier alpha value is -1.97. The number of thioether (sulfide) groups is 1. The van der Waals surface area contributed by atoms with Crippen LogP contribution in [0.5, 0.6) is 0 Å². The molecule has 3 saturated heterocycles. The van der Waals surface area contributed by atoms with Crippen molar-refractivity contribution in [1.82, 2.24) is 25.1 Å². The Morgan fingerprint density at radius 3 is 2.61 bits per heavy atom. The third-order valence-electron chi connectivity index (χ3n) is 5.60. The number of rotatable bonds is 4. The quantitative estimate of drug-likeness (QED) is 0.754. The van der Waals surface area contributed by atoms with Gasteiger partial charge in [-0.2, -0.15) is 0 Å². The first-order valence-corrected chi connectivity index (χ1v) is 10.6. The average molecular weight is 403 g/mol. The van der Waals surface area contributed by atoms with Crippen LogP contribution in [0.25, 0.3) is 6.08 Å². The van der Waals surface area contributed by atoms with Gasteiger partial charge in [0, 0.05) is 38.9 Å². The lowest BCUT2D eigenvalue weighted by molar-refractivity contribution is -0.115. The van der Waals surface area contributed by atoms with Gasteiger partial charge in [-0.1, -0.05) is 0 Å². The van der Waals surface area contributed by atoms with E-state index in [-0.39, 0.29) is 11.1 Å². The maximum Gasteiger partial charge on any atom is 0.290 e. The van der Waals surface area contributed by atoms with Crippen LogP contribution < -0.4 is 10.2 Å². The van der Waals surface area contributed by atoms with Gasteiger partial charge in [0.2, 0.25) is 5.95 Å². The summed E-state index contributed by atoms with van der Waals surface area (Å²) in [6, 6.07) is 1.75. The standard InChI is InChI=1S/C19H26N6O2S/c1-23-6-3-14(4-7-23)13-24-8-10-25(11-9-24)18-20-5-2-15(21-18)12-16-17(26)22-19(27)28-16/h2,5,12,14H,3-4,6-11,13H2,1H3,(H,22,26,27). The second-order valence-electron chi connectivity index (χ2n) is 7.67. The van der Waals surface area contributed by atoms with Crippen molar-refractivity contribution in [3.63, 3.8) is 0 Å². The number of hydrogen-bond acceptors (Lipinski definition) is 8. The Bertz CT molecular complexity index is 769. The van der Waals surface area contributed by atoms with E-state index < -0.39 is 0 Å². The van der Waals surface area contributed by atoms with E-state index in [4.69, 9.17) is 0 Å². The summed E-state index contributed by atoms with van der Waals surface area (Å²) in [5.74, 6) is 1.13. The minimum absolute atomic E-state index is 0.341. The largest absolute Gasteiger partial charge is 0.338 e. The number of nitrogens with zero attached hydrogens (tertiary/aromatic N) is 5. The molecule has 0 aliphatic carbocycles. The molecule has 0 aromatic carbocycles. The molecule has 4 rings (SSSR count). The topological polar surface area (TPSA) is 81.7 Å². The van der Waals surface area contributed by atoms with Crippen LogP contribution in [-0.4, -0.2) is 83.8 Å². The summed E-state index contributed by atoms with van der Waals surface area (Å²) in [5, 5.41) is 1.92. The highest BCUT2D eigenvalue weighted by atomic mass is 32.2. The van der Waals surface area contributed by atoms with E-state index >= 15 is 0 Å². The summed E-state index contributed by atoms with van der Waals surface area (Å²) in [5.41, 5.74) is 0.645. The minimum Gasteiger partial charge on any atom is -0.338 e. The van der Waals surface area contributed by atoms with Gasteiger partial charge in [-0.25, -0.2) is 9.97 Å². The van der Waals surface area contributed by atoms with Crippen molar-refractivity contribution >= 4 is 34.9 Å². The SMILES string of the molecule is CN1CCC(CN2CCN(c3nccc(C=C4SC(=O)NC4=O)n3)CC2)CC1. The van der Waals surface area contributed by atoms with Crippen molar-refractivity contribution in [3.05, 3.63) is 22.9 Å². The van der Waals surface area contributed by atoms with Gasteiger partial charge in [-0.15, -0.1) is 0 Å². The van der Waals surface area contributed by atoms with Gasteiger partial charge in [-0.05, 0) is 62.8 Å². The van der Waals surface area contributed by atoms with E-state index in [0.717, 1.165) is 43.9 Å². The summed E-state index contributed by atoms with van der Waals surface area (Å²) in [6.07, 6.45) is 5.95. The highest BCUT2D eigenvalue weighted by molar-refractivity contribution is 8.18. The zero-order valence-corrected chi connectivity index (χ0v) is 17.0. The normalized spacial score (nSPS) is 24.2. The summed E-state index contributed by atoms with van der Waals surface area (Å²) >= 11 is 0.905.